The summed E-state index contributed by atoms with van der Waals surface area (Å²) < 4.78 is 15.5. The zero-order chi connectivity index (χ0) is 18.9. The molecular formula is C21H22O5. The van der Waals surface area contributed by atoms with Gasteiger partial charge < -0.3 is 14.2 Å². The summed E-state index contributed by atoms with van der Waals surface area (Å²) in [6.07, 6.45) is 1.42. The third-order valence-corrected chi connectivity index (χ3v) is 3.43. The van der Waals surface area contributed by atoms with Crippen molar-refractivity contribution in [1.29, 1.82) is 0 Å². The number of para-hydroxylation sites is 1. The smallest absolute Gasteiger partial charge is 0.344 e. The van der Waals surface area contributed by atoms with Gasteiger partial charge in [0.15, 0.2) is 6.61 Å². The van der Waals surface area contributed by atoms with E-state index in [-0.39, 0.29) is 6.10 Å². The van der Waals surface area contributed by atoms with Crippen molar-refractivity contribution in [2.45, 2.75) is 20.0 Å². The monoisotopic (exact) mass is 354 g/mol. The standard InChI is InChI=1S/C21H22O5/c1-15(2)26-20(22)14-25-21(23)18(16-9-5-4-6-10-16)13-17-11-7-8-12-19(17)24-3/h4-13,15H,14H2,1-3H3/b18-13+. The van der Waals surface area contributed by atoms with Crippen LogP contribution in [0.5, 0.6) is 5.75 Å². The van der Waals surface area contributed by atoms with Gasteiger partial charge >= 0.3 is 11.9 Å². The number of benzene rings is 2. The summed E-state index contributed by atoms with van der Waals surface area (Å²) in [7, 11) is 1.56. The number of hydrogen-bond donors (Lipinski definition) is 0. The molecule has 0 bridgehead atoms. The lowest BCUT2D eigenvalue weighted by molar-refractivity contribution is -0.158. The first-order valence-corrected chi connectivity index (χ1v) is 8.28. The lowest BCUT2D eigenvalue weighted by atomic mass is 10.0. The molecule has 2 rings (SSSR count). The molecule has 26 heavy (non-hydrogen) atoms. The second-order valence-electron chi connectivity index (χ2n) is 5.78. The Hall–Kier alpha value is -3.08. The van der Waals surface area contributed by atoms with Gasteiger partial charge in [-0.15, -0.1) is 0 Å². The molecule has 136 valence electrons. The first-order valence-electron chi connectivity index (χ1n) is 8.28. The molecule has 0 aliphatic rings. The van der Waals surface area contributed by atoms with Gasteiger partial charge in [0.2, 0.25) is 0 Å². The summed E-state index contributed by atoms with van der Waals surface area (Å²) in [5.41, 5.74) is 1.74. The average Bonchev–Trinajstić information content (AvgIpc) is 2.64. The maximum Gasteiger partial charge on any atom is 0.344 e. The average molecular weight is 354 g/mol. The number of esters is 2. The molecular weight excluding hydrogens is 332 g/mol. The van der Waals surface area contributed by atoms with Gasteiger partial charge in [-0.1, -0.05) is 48.5 Å². The zero-order valence-electron chi connectivity index (χ0n) is 15.1. The van der Waals surface area contributed by atoms with E-state index in [4.69, 9.17) is 14.2 Å². The van der Waals surface area contributed by atoms with E-state index in [0.29, 0.717) is 16.9 Å². The second-order valence-corrected chi connectivity index (χ2v) is 5.78. The van der Waals surface area contributed by atoms with Crippen LogP contribution in [-0.4, -0.2) is 31.8 Å². The van der Waals surface area contributed by atoms with Crippen LogP contribution in [0.3, 0.4) is 0 Å². The van der Waals surface area contributed by atoms with Gasteiger partial charge in [-0.2, -0.15) is 0 Å². The SMILES string of the molecule is COc1ccccc1/C=C(/C(=O)OCC(=O)OC(C)C)c1ccccc1. The van der Waals surface area contributed by atoms with Crippen LogP contribution in [0.4, 0.5) is 0 Å². The Morgan fingerprint density at radius 3 is 2.31 bits per heavy atom. The lowest BCUT2D eigenvalue weighted by Gasteiger charge is -2.11. The van der Waals surface area contributed by atoms with Crippen LogP contribution in [0.2, 0.25) is 0 Å². The minimum atomic E-state index is -0.609. The molecule has 5 nitrogen and oxygen atoms in total. The van der Waals surface area contributed by atoms with E-state index in [1.54, 1.807) is 45.2 Å². The molecule has 0 aliphatic heterocycles. The maximum atomic E-state index is 12.6. The van der Waals surface area contributed by atoms with Crippen LogP contribution in [0.25, 0.3) is 11.6 Å². The number of hydrogen-bond acceptors (Lipinski definition) is 5. The molecule has 0 aliphatic carbocycles. The van der Waals surface area contributed by atoms with Gasteiger partial charge in [0.05, 0.1) is 18.8 Å². The largest absolute Gasteiger partial charge is 0.496 e. The topological polar surface area (TPSA) is 61.8 Å². The molecule has 0 saturated heterocycles. The Bertz CT molecular complexity index is 778. The Morgan fingerprint density at radius 2 is 1.65 bits per heavy atom. The van der Waals surface area contributed by atoms with Gasteiger partial charge in [0.1, 0.15) is 5.75 Å². The van der Waals surface area contributed by atoms with E-state index in [1.165, 1.54) is 0 Å². The molecule has 2 aromatic carbocycles. The summed E-state index contributed by atoms with van der Waals surface area (Å²) in [5.74, 6) is -0.561. The Labute approximate surface area is 153 Å². The molecule has 0 N–H and O–H groups in total. The highest BCUT2D eigenvalue weighted by Crippen LogP contribution is 2.25. The van der Waals surface area contributed by atoms with E-state index in [1.807, 2.05) is 36.4 Å². The van der Waals surface area contributed by atoms with Crippen LogP contribution in [0.15, 0.2) is 54.6 Å². The van der Waals surface area contributed by atoms with E-state index in [2.05, 4.69) is 0 Å². The minimum Gasteiger partial charge on any atom is -0.496 e. The fourth-order valence-electron chi connectivity index (χ4n) is 2.32. The van der Waals surface area contributed by atoms with Crippen molar-refractivity contribution in [2.24, 2.45) is 0 Å². The molecule has 2 aromatic rings. The molecule has 0 saturated carbocycles. The first-order chi connectivity index (χ1) is 12.5. The highest BCUT2D eigenvalue weighted by Gasteiger charge is 2.17. The van der Waals surface area contributed by atoms with Crippen LogP contribution >= 0.6 is 0 Å². The molecule has 0 fully saturated rings. The van der Waals surface area contributed by atoms with Crippen molar-refractivity contribution < 1.29 is 23.8 Å². The maximum absolute atomic E-state index is 12.6. The number of carbonyl (C=O) groups is 2. The second kappa shape index (κ2) is 9.42. The minimum absolute atomic E-state index is 0.265. The van der Waals surface area contributed by atoms with Gasteiger partial charge in [-0.25, -0.2) is 9.59 Å². The van der Waals surface area contributed by atoms with Crippen molar-refractivity contribution >= 4 is 23.6 Å². The van der Waals surface area contributed by atoms with Gasteiger partial charge in [-0.05, 0) is 31.6 Å². The molecule has 0 heterocycles. The van der Waals surface area contributed by atoms with Crippen molar-refractivity contribution in [3.05, 3.63) is 65.7 Å². The lowest BCUT2D eigenvalue weighted by Crippen LogP contribution is -2.20. The third kappa shape index (κ3) is 5.48. The van der Waals surface area contributed by atoms with Crippen LogP contribution in [-0.2, 0) is 19.1 Å². The Morgan fingerprint density at radius 1 is 1.00 bits per heavy atom. The normalized spacial score (nSPS) is 11.2. The molecule has 0 unspecified atom stereocenters. The van der Waals surface area contributed by atoms with Gasteiger partial charge in [0.25, 0.3) is 0 Å². The number of ether oxygens (including phenoxy) is 3. The predicted octanol–water partition coefficient (Wildman–Crippen LogP) is 3.73. The van der Waals surface area contributed by atoms with Crippen LogP contribution in [0.1, 0.15) is 25.0 Å². The fourth-order valence-corrected chi connectivity index (χ4v) is 2.32. The van der Waals surface area contributed by atoms with Crippen LogP contribution < -0.4 is 4.74 Å². The van der Waals surface area contributed by atoms with Crippen LogP contribution in [0, 0.1) is 0 Å². The van der Waals surface area contributed by atoms with Crippen molar-refractivity contribution in [3.8, 4) is 5.75 Å². The van der Waals surface area contributed by atoms with E-state index in [9.17, 15) is 9.59 Å². The summed E-state index contributed by atoms with van der Waals surface area (Å²) in [4.78, 5) is 24.2. The summed E-state index contributed by atoms with van der Waals surface area (Å²) in [6, 6.07) is 16.4. The molecule has 0 spiro atoms. The van der Waals surface area contributed by atoms with Crippen molar-refractivity contribution in [3.63, 3.8) is 0 Å². The third-order valence-electron chi connectivity index (χ3n) is 3.43. The summed E-state index contributed by atoms with van der Waals surface area (Å²) in [6.45, 7) is 3.03. The van der Waals surface area contributed by atoms with Crippen molar-refractivity contribution in [2.75, 3.05) is 13.7 Å². The zero-order valence-corrected chi connectivity index (χ0v) is 15.1. The predicted molar refractivity (Wildman–Crippen MR) is 99.5 cm³/mol. The highest BCUT2D eigenvalue weighted by atomic mass is 16.6. The van der Waals surface area contributed by atoms with E-state index < -0.39 is 18.5 Å². The Balaban J connectivity index is 2.29. The molecule has 0 atom stereocenters. The summed E-state index contributed by atoms with van der Waals surface area (Å²) in [5, 5.41) is 0. The molecule has 0 aromatic heterocycles. The van der Waals surface area contributed by atoms with Crippen molar-refractivity contribution in [1.82, 2.24) is 0 Å². The van der Waals surface area contributed by atoms with E-state index >= 15 is 0 Å². The molecule has 5 heteroatoms. The van der Waals surface area contributed by atoms with Gasteiger partial charge in [-0.3, -0.25) is 0 Å². The molecule has 0 radical (unpaired) electrons. The number of methoxy groups -OCH3 is 1. The van der Waals surface area contributed by atoms with Gasteiger partial charge in [0, 0.05) is 5.56 Å². The highest BCUT2D eigenvalue weighted by molar-refractivity contribution is 6.22. The number of carbonyl (C=O) groups excluding carboxylic acids is 2. The van der Waals surface area contributed by atoms with E-state index in [0.717, 1.165) is 5.56 Å². The fraction of sp³-hybridized carbons (Fsp3) is 0.238. The quantitative estimate of drug-likeness (QED) is 0.431. The first kappa shape index (κ1) is 19.2. The number of rotatable bonds is 7. The summed E-state index contributed by atoms with van der Waals surface area (Å²) >= 11 is 0. The Kier molecular flexibility index (Phi) is 6.97. The molecule has 0 amide bonds.